The number of methoxy groups -OCH3 is 1. The van der Waals surface area contributed by atoms with Gasteiger partial charge in [0.1, 0.15) is 29.5 Å². The van der Waals surface area contributed by atoms with Crippen LogP contribution in [0.15, 0.2) is 66.1 Å². The van der Waals surface area contributed by atoms with E-state index in [4.69, 9.17) is 4.74 Å². The third kappa shape index (κ3) is 4.80. The number of benzene rings is 2. The molecule has 2 N–H and O–H groups in total. The maximum absolute atomic E-state index is 12.9. The fourth-order valence-corrected chi connectivity index (χ4v) is 4.77. The Morgan fingerprint density at radius 1 is 0.939 bits per heavy atom. The van der Waals surface area contributed by atoms with Gasteiger partial charge < -0.3 is 10.1 Å². The maximum atomic E-state index is 12.9. The molecular weight excluding hydrogens is 440 g/mol. The summed E-state index contributed by atoms with van der Waals surface area (Å²) in [6, 6.07) is 11.9. The van der Waals surface area contributed by atoms with Crippen molar-refractivity contribution in [2.24, 2.45) is 0 Å². The van der Waals surface area contributed by atoms with Gasteiger partial charge in [-0.2, -0.15) is 0 Å². The van der Waals surface area contributed by atoms with Crippen LogP contribution in [0.5, 0.6) is 5.75 Å². The first-order valence-corrected chi connectivity index (χ1v) is 11.6. The molecule has 4 aromatic rings. The van der Waals surface area contributed by atoms with E-state index in [0.29, 0.717) is 34.5 Å². The summed E-state index contributed by atoms with van der Waals surface area (Å²) in [6.07, 6.45) is 5.15. The number of hydrogen-bond acceptors (Lipinski definition) is 7. The van der Waals surface area contributed by atoms with Crippen LogP contribution in [0.1, 0.15) is 17.0 Å². The quantitative estimate of drug-likeness (QED) is 0.423. The summed E-state index contributed by atoms with van der Waals surface area (Å²) >= 11 is 0. The zero-order valence-corrected chi connectivity index (χ0v) is 19.5. The normalized spacial score (nSPS) is 11.3. The Balaban J connectivity index is 1.52. The molecule has 0 aliphatic carbocycles. The molecule has 0 spiro atoms. The summed E-state index contributed by atoms with van der Waals surface area (Å²) in [4.78, 5) is 13.1. The number of rotatable bonds is 7. The minimum absolute atomic E-state index is 0.214. The van der Waals surface area contributed by atoms with Gasteiger partial charge in [-0.3, -0.25) is 9.29 Å². The van der Waals surface area contributed by atoms with Crippen molar-refractivity contribution in [1.29, 1.82) is 0 Å². The van der Waals surface area contributed by atoms with E-state index in [9.17, 15) is 8.42 Å². The molecule has 0 fully saturated rings. The molecule has 0 amide bonds. The van der Waals surface area contributed by atoms with Crippen molar-refractivity contribution < 1.29 is 13.2 Å². The molecule has 33 heavy (non-hydrogen) atoms. The minimum atomic E-state index is -3.75. The number of aryl methyl sites for hydroxylation is 1. The molecule has 0 saturated heterocycles. The van der Waals surface area contributed by atoms with E-state index in [0.717, 1.165) is 11.3 Å². The zero-order chi connectivity index (χ0) is 23.6. The van der Waals surface area contributed by atoms with Crippen LogP contribution in [0.4, 0.5) is 17.2 Å². The van der Waals surface area contributed by atoms with Gasteiger partial charge in [0.25, 0.3) is 10.0 Å². The zero-order valence-electron chi connectivity index (χ0n) is 18.7. The highest BCUT2D eigenvalue weighted by Crippen LogP contribution is 2.28. The lowest BCUT2D eigenvalue weighted by Gasteiger charge is -2.15. The van der Waals surface area contributed by atoms with Gasteiger partial charge in [-0.25, -0.2) is 23.4 Å². The average molecular weight is 465 g/mol. The standard InChI is InChI=1S/C23H24N6O3S/c1-15-16(2)21(10-9-20(15)32-4)33(30,31)28-19-7-5-18(6-8-19)27-22-13-23(26-17(3)25-22)29-12-11-24-14-29/h5-14,28H,1-4H3,(H,25,26,27). The summed E-state index contributed by atoms with van der Waals surface area (Å²) in [6.45, 7) is 5.41. The molecule has 2 aromatic carbocycles. The van der Waals surface area contributed by atoms with Gasteiger partial charge in [0.05, 0.1) is 12.0 Å². The van der Waals surface area contributed by atoms with Crippen molar-refractivity contribution in [1.82, 2.24) is 19.5 Å². The molecule has 0 bridgehead atoms. The molecule has 0 unspecified atom stereocenters. The third-order valence-electron chi connectivity index (χ3n) is 5.20. The highest BCUT2D eigenvalue weighted by Gasteiger charge is 2.19. The Hall–Kier alpha value is -3.92. The molecular formula is C23H24N6O3S. The Bertz CT molecular complexity index is 1380. The maximum Gasteiger partial charge on any atom is 0.262 e. The van der Waals surface area contributed by atoms with Gasteiger partial charge in [-0.1, -0.05) is 0 Å². The number of sulfonamides is 1. The Morgan fingerprint density at radius 3 is 2.33 bits per heavy atom. The first-order valence-electron chi connectivity index (χ1n) is 10.1. The van der Waals surface area contributed by atoms with Crippen LogP contribution in [0, 0.1) is 20.8 Å². The second-order valence-electron chi connectivity index (χ2n) is 7.45. The molecule has 4 rings (SSSR count). The lowest BCUT2D eigenvalue weighted by Crippen LogP contribution is -2.15. The highest BCUT2D eigenvalue weighted by molar-refractivity contribution is 7.92. The molecule has 0 atom stereocenters. The van der Waals surface area contributed by atoms with Gasteiger partial charge in [0, 0.05) is 29.8 Å². The first kappa shape index (κ1) is 22.3. The van der Waals surface area contributed by atoms with Crippen LogP contribution in [-0.4, -0.2) is 35.0 Å². The summed E-state index contributed by atoms with van der Waals surface area (Å²) in [7, 11) is -2.19. The molecule has 10 heteroatoms. The van der Waals surface area contributed by atoms with Gasteiger partial charge in [0.2, 0.25) is 0 Å². The van der Waals surface area contributed by atoms with E-state index in [1.165, 1.54) is 0 Å². The summed E-state index contributed by atoms with van der Waals surface area (Å²) in [5.41, 5.74) is 2.64. The van der Waals surface area contributed by atoms with E-state index in [2.05, 4.69) is 25.0 Å². The number of nitrogens with one attached hydrogen (secondary N) is 2. The Labute approximate surface area is 192 Å². The van der Waals surface area contributed by atoms with Crippen LogP contribution >= 0.6 is 0 Å². The molecule has 9 nitrogen and oxygen atoms in total. The first-order chi connectivity index (χ1) is 15.8. The van der Waals surface area contributed by atoms with Crippen LogP contribution in [0.2, 0.25) is 0 Å². The summed E-state index contributed by atoms with van der Waals surface area (Å²) in [5.74, 6) is 2.57. The van der Waals surface area contributed by atoms with Crippen molar-refractivity contribution >= 4 is 27.2 Å². The highest BCUT2D eigenvalue weighted by atomic mass is 32.2. The van der Waals surface area contributed by atoms with E-state index < -0.39 is 10.0 Å². The lowest BCUT2D eigenvalue weighted by atomic mass is 10.1. The number of nitrogens with zero attached hydrogens (tertiary/aromatic N) is 4. The molecule has 0 aliphatic heterocycles. The van der Waals surface area contributed by atoms with Crippen molar-refractivity contribution in [3.05, 3.63) is 78.1 Å². The third-order valence-corrected chi connectivity index (χ3v) is 6.73. The SMILES string of the molecule is COc1ccc(S(=O)(=O)Nc2ccc(Nc3cc(-n4ccnc4)nc(C)n3)cc2)c(C)c1C. The number of ether oxygens (including phenoxy) is 1. The topological polar surface area (TPSA) is 111 Å². The lowest BCUT2D eigenvalue weighted by molar-refractivity contribution is 0.411. The molecule has 170 valence electrons. The molecule has 0 saturated carbocycles. The van der Waals surface area contributed by atoms with Gasteiger partial charge in [0.15, 0.2) is 0 Å². The number of anilines is 3. The Morgan fingerprint density at radius 2 is 1.67 bits per heavy atom. The minimum Gasteiger partial charge on any atom is -0.496 e. The van der Waals surface area contributed by atoms with Gasteiger partial charge in [-0.15, -0.1) is 0 Å². The van der Waals surface area contributed by atoms with Crippen LogP contribution in [0.25, 0.3) is 5.82 Å². The summed E-state index contributed by atoms with van der Waals surface area (Å²) < 4.78 is 35.6. The van der Waals surface area contributed by atoms with Gasteiger partial charge in [-0.05, 0) is 68.3 Å². The largest absolute Gasteiger partial charge is 0.496 e. The smallest absolute Gasteiger partial charge is 0.262 e. The van der Waals surface area contributed by atoms with Crippen LogP contribution in [0.3, 0.4) is 0 Å². The number of aromatic nitrogens is 4. The van der Waals surface area contributed by atoms with Gasteiger partial charge >= 0.3 is 0 Å². The predicted octanol–water partition coefficient (Wildman–Crippen LogP) is 4.14. The molecule has 0 radical (unpaired) electrons. The van der Waals surface area contributed by atoms with E-state index in [-0.39, 0.29) is 4.90 Å². The van der Waals surface area contributed by atoms with Crippen LogP contribution in [-0.2, 0) is 10.0 Å². The number of hydrogen-bond donors (Lipinski definition) is 2. The van der Waals surface area contributed by atoms with E-state index in [1.807, 2.05) is 13.8 Å². The van der Waals surface area contributed by atoms with Crippen molar-refractivity contribution in [2.45, 2.75) is 25.7 Å². The number of imidazole rings is 1. The second-order valence-corrected chi connectivity index (χ2v) is 9.10. The van der Waals surface area contributed by atoms with Crippen molar-refractivity contribution in [2.75, 3.05) is 17.1 Å². The van der Waals surface area contributed by atoms with Crippen LogP contribution < -0.4 is 14.8 Å². The second kappa shape index (κ2) is 8.91. The summed E-state index contributed by atoms with van der Waals surface area (Å²) in [5, 5.41) is 3.22. The molecule has 2 heterocycles. The Kier molecular flexibility index (Phi) is 6.01. The molecule has 2 aromatic heterocycles. The predicted molar refractivity (Wildman–Crippen MR) is 127 cm³/mol. The van der Waals surface area contributed by atoms with Crippen molar-refractivity contribution in [3.8, 4) is 11.6 Å². The average Bonchev–Trinajstić information content (AvgIpc) is 3.31. The van der Waals surface area contributed by atoms with E-state index >= 15 is 0 Å². The van der Waals surface area contributed by atoms with E-state index in [1.54, 1.807) is 79.8 Å². The molecule has 0 aliphatic rings. The fraction of sp³-hybridized carbons (Fsp3) is 0.174. The monoisotopic (exact) mass is 464 g/mol. The van der Waals surface area contributed by atoms with Crippen molar-refractivity contribution in [3.63, 3.8) is 0 Å². The fourth-order valence-electron chi connectivity index (χ4n) is 3.41.